The van der Waals surface area contributed by atoms with Crippen LogP contribution < -0.4 is 0 Å². The number of hydrogen-bond donors (Lipinski definition) is 0. The molecule has 4 heterocycles. The monoisotopic (exact) mass is 294 g/mol. The lowest BCUT2D eigenvalue weighted by atomic mass is 9.83. The molecule has 22 heavy (non-hydrogen) atoms. The van der Waals surface area contributed by atoms with Crippen LogP contribution in [0.2, 0.25) is 0 Å². The molecule has 1 aromatic carbocycles. The lowest BCUT2D eigenvalue weighted by molar-refractivity contribution is -0.148. The van der Waals surface area contributed by atoms with Crippen LogP contribution in [-0.4, -0.2) is 28.4 Å². The third-order valence-electron chi connectivity index (χ3n) is 5.14. The fourth-order valence-electron chi connectivity index (χ4n) is 4.02. The van der Waals surface area contributed by atoms with Crippen LogP contribution >= 0.6 is 0 Å². The number of carbonyl (C=O) groups excluding carboxylic acids is 2. The molecule has 3 aliphatic rings. The van der Waals surface area contributed by atoms with Gasteiger partial charge in [-0.05, 0) is 24.1 Å². The number of aromatic nitrogens is 1. The molecule has 0 unspecified atom stereocenters. The van der Waals surface area contributed by atoms with Gasteiger partial charge in [0, 0.05) is 11.9 Å². The number of carbonyl (C=O) groups is 2. The van der Waals surface area contributed by atoms with E-state index in [2.05, 4.69) is 6.07 Å². The number of piperidine rings is 1. The maximum atomic E-state index is 12.7. The molecular weight excluding hydrogens is 280 g/mol. The highest BCUT2D eigenvalue weighted by Gasteiger charge is 2.52. The van der Waals surface area contributed by atoms with Crippen molar-refractivity contribution >= 4 is 22.8 Å². The summed E-state index contributed by atoms with van der Waals surface area (Å²) in [6.07, 6.45) is 0.633. The van der Waals surface area contributed by atoms with E-state index in [1.54, 1.807) is 0 Å². The average Bonchev–Trinajstić information content (AvgIpc) is 3.07. The second kappa shape index (κ2) is 4.06. The van der Waals surface area contributed by atoms with E-state index in [1.165, 1.54) is 0 Å². The zero-order valence-corrected chi connectivity index (χ0v) is 11.9. The van der Waals surface area contributed by atoms with Gasteiger partial charge in [0.05, 0.1) is 29.1 Å². The summed E-state index contributed by atoms with van der Waals surface area (Å²) in [6.45, 7) is 0.825. The molecule has 0 spiro atoms. The number of hydrogen-bond acceptors (Lipinski definition) is 4. The first-order valence-corrected chi connectivity index (χ1v) is 7.58. The number of cyclic esters (lactones) is 1. The van der Waals surface area contributed by atoms with Crippen LogP contribution in [0.15, 0.2) is 30.3 Å². The third-order valence-corrected chi connectivity index (χ3v) is 5.14. The molecule has 0 aliphatic carbocycles. The van der Waals surface area contributed by atoms with Crippen molar-refractivity contribution < 1.29 is 14.3 Å². The van der Waals surface area contributed by atoms with Crippen LogP contribution in [0.5, 0.6) is 0 Å². The van der Waals surface area contributed by atoms with Crippen molar-refractivity contribution in [3.05, 3.63) is 41.6 Å². The fraction of sp³-hybridized carbons (Fsp3) is 0.353. The molecule has 5 rings (SSSR count). The molecule has 1 aromatic heterocycles. The summed E-state index contributed by atoms with van der Waals surface area (Å²) < 4.78 is 5.09. The Balaban J connectivity index is 1.63. The van der Waals surface area contributed by atoms with Gasteiger partial charge in [0.25, 0.3) is 0 Å². The van der Waals surface area contributed by atoms with Crippen molar-refractivity contribution in [2.24, 2.45) is 11.8 Å². The van der Waals surface area contributed by atoms with E-state index in [9.17, 15) is 9.59 Å². The summed E-state index contributed by atoms with van der Waals surface area (Å²) in [7, 11) is 0. The Kier molecular flexibility index (Phi) is 2.24. The second-order valence-electron chi connectivity index (χ2n) is 6.29. The van der Waals surface area contributed by atoms with Crippen molar-refractivity contribution in [2.45, 2.75) is 19.0 Å². The van der Waals surface area contributed by atoms with Crippen molar-refractivity contribution in [1.82, 2.24) is 9.88 Å². The quantitative estimate of drug-likeness (QED) is 0.695. The van der Waals surface area contributed by atoms with Gasteiger partial charge in [0.2, 0.25) is 5.91 Å². The van der Waals surface area contributed by atoms with E-state index in [0.29, 0.717) is 13.0 Å². The Morgan fingerprint density at radius 3 is 2.95 bits per heavy atom. The number of fused-ring (bicyclic) bond motifs is 5. The van der Waals surface area contributed by atoms with Gasteiger partial charge < -0.3 is 9.64 Å². The summed E-state index contributed by atoms with van der Waals surface area (Å²) in [5.41, 5.74) is 2.99. The van der Waals surface area contributed by atoms with Gasteiger partial charge in [-0.15, -0.1) is 0 Å². The summed E-state index contributed by atoms with van der Waals surface area (Å²) >= 11 is 0. The highest BCUT2D eigenvalue weighted by Crippen LogP contribution is 2.46. The maximum Gasteiger partial charge on any atom is 0.309 e. The molecule has 2 saturated heterocycles. The van der Waals surface area contributed by atoms with Gasteiger partial charge in [-0.2, -0.15) is 0 Å². The molecule has 0 N–H and O–H groups in total. The summed E-state index contributed by atoms with van der Waals surface area (Å²) in [6, 6.07) is 10.0. The highest BCUT2D eigenvalue weighted by molar-refractivity contribution is 5.90. The van der Waals surface area contributed by atoms with Gasteiger partial charge >= 0.3 is 5.97 Å². The highest BCUT2D eigenvalue weighted by atomic mass is 16.5. The topological polar surface area (TPSA) is 59.5 Å². The van der Waals surface area contributed by atoms with Crippen molar-refractivity contribution in [2.75, 3.05) is 6.61 Å². The first kappa shape index (κ1) is 12.1. The fourth-order valence-corrected chi connectivity index (χ4v) is 4.02. The SMILES string of the molecule is O=C1OC[C@H]2C(=O)N3Cc4cc5ccccc5nc4[C@H]3C[C@@H]12. The van der Waals surface area contributed by atoms with Gasteiger partial charge in [-0.1, -0.05) is 18.2 Å². The minimum atomic E-state index is -0.299. The molecular formula is C17H14N2O3. The predicted octanol–water partition coefficient (Wildman–Crippen LogP) is 1.81. The molecule has 0 bridgehead atoms. The molecule has 3 aliphatic heterocycles. The van der Waals surface area contributed by atoms with E-state index in [0.717, 1.165) is 22.2 Å². The van der Waals surface area contributed by atoms with E-state index in [1.807, 2.05) is 29.2 Å². The minimum absolute atomic E-state index is 0.0363. The Labute approximate surface area is 126 Å². The summed E-state index contributed by atoms with van der Waals surface area (Å²) in [4.78, 5) is 31.2. The van der Waals surface area contributed by atoms with Crippen LogP contribution in [0.1, 0.15) is 23.7 Å². The summed E-state index contributed by atoms with van der Waals surface area (Å²) in [5.74, 6) is -0.790. The molecule has 2 fully saturated rings. The van der Waals surface area contributed by atoms with E-state index in [4.69, 9.17) is 9.72 Å². The van der Waals surface area contributed by atoms with E-state index in [-0.39, 0.29) is 36.4 Å². The predicted molar refractivity (Wildman–Crippen MR) is 77.6 cm³/mol. The molecule has 3 atom stereocenters. The van der Waals surface area contributed by atoms with Crippen LogP contribution in [0, 0.1) is 11.8 Å². The number of nitrogens with zero attached hydrogens (tertiary/aromatic N) is 2. The molecule has 0 saturated carbocycles. The van der Waals surface area contributed by atoms with Crippen LogP contribution in [0.3, 0.4) is 0 Å². The number of amides is 1. The molecule has 2 aromatic rings. The van der Waals surface area contributed by atoms with Crippen molar-refractivity contribution in [3.8, 4) is 0 Å². The lowest BCUT2D eigenvalue weighted by Gasteiger charge is -2.34. The number of para-hydroxylation sites is 1. The number of benzene rings is 1. The molecule has 110 valence electrons. The van der Waals surface area contributed by atoms with Gasteiger partial charge in [0.1, 0.15) is 6.61 Å². The van der Waals surface area contributed by atoms with Gasteiger partial charge in [0.15, 0.2) is 0 Å². The number of esters is 1. The Hall–Kier alpha value is -2.43. The second-order valence-corrected chi connectivity index (χ2v) is 6.29. The number of rotatable bonds is 0. The summed E-state index contributed by atoms with van der Waals surface area (Å²) in [5, 5.41) is 1.09. The number of pyridine rings is 1. The smallest absolute Gasteiger partial charge is 0.309 e. The normalized spacial score (nSPS) is 29.3. The molecule has 0 radical (unpaired) electrons. The lowest BCUT2D eigenvalue weighted by Crippen LogP contribution is -2.44. The zero-order chi connectivity index (χ0) is 14.8. The molecule has 5 heteroatoms. The van der Waals surface area contributed by atoms with E-state index >= 15 is 0 Å². The van der Waals surface area contributed by atoms with Crippen molar-refractivity contribution in [1.29, 1.82) is 0 Å². The maximum absolute atomic E-state index is 12.7. The minimum Gasteiger partial charge on any atom is -0.465 e. The first-order chi connectivity index (χ1) is 10.7. The van der Waals surface area contributed by atoms with Crippen LogP contribution in [0.4, 0.5) is 0 Å². The Bertz CT molecular complexity index is 832. The number of ether oxygens (including phenoxy) is 1. The van der Waals surface area contributed by atoms with Crippen LogP contribution in [0.25, 0.3) is 10.9 Å². The Morgan fingerprint density at radius 2 is 2.05 bits per heavy atom. The molecule has 5 nitrogen and oxygen atoms in total. The van der Waals surface area contributed by atoms with Gasteiger partial charge in [-0.3, -0.25) is 14.6 Å². The zero-order valence-electron chi connectivity index (χ0n) is 11.9. The van der Waals surface area contributed by atoms with E-state index < -0.39 is 0 Å². The third kappa shape index (κ3) is 1.46. The largest absolute Gasteiger partial charge is 0.465 e. The average molecular weight is 294 g/mol. The standard InChI is InChI=1S/C17H14N2O3/c20-16-12-8-22-17(21)11(12)6-14-15-10(7-19(14)16)5-9-3-1-2-4-13(9)18-15/h1-5,11-12,14H,6-8H2/t11-,12-,14-/m1/s1. The Morgan fingerprint density at radius 1 is 1.18 bits per heavy atom. The van der Waals surface area contributed by atoms with Crippen LogP contribution in [-0.2, 0) is 20.9 Å². The first-order valence-electron chi connectivity index (χ1n) is 7.58. The van der Waals surface area contributed by atoms with Gasteiger partial charge in [-0.25, -0.2) is 0 Å². The van der Waals surface area contributed by atoms with Crippen molar-refractivity contribution in [3.63, 3.8) is 0 Å². The molecule has 1 amide bonds.